The van der Waals surface area contributed by atoms with E-state index in [0.717, 1.165) is 12.8 Å². The zero-order chi connectivity index (χ0) is 32.2. The number of carbonyl (C=O) groups is 3. The van der Waals surface area contributed by atoms with E-state index in [1.165, 1.54) is 12.0 Å². The van der Waals surface area contributed by atoms with E-state index in [1.807, 2.05) is 12.1 Å². The number of methoxy groups -OCH3 is 1. The van der Waals surface area contributed by atoms with E-state index in [0.29, 0.717) is 40.5 Å². The highest BCUT2D eigenvalue weighted by Gasteiger charge is 2.64. The predicted octanol–water partition coefficient (Wildman–Crippen LogP) is 3.01. The smallest absolute Gasteiger partial charge is 0.255 e. The Hall–Kier alpha value is -4.22. The van der Waals surface area contributed by atoms with Crippen LogP contribution in [0.5, 0.6) is 11.6 Å². The van der Waals surface area contributed by atoms with Gasteiger partial charge in [0.05, 0.1) is 18.7 Å². The van der Waals surface area contributed by atoms with Crippen molar-refractivity contribution in [1.82, 2.24) is 9.88 Å². The maximum Gasteiger partial charge on any atom is 0.255 e. The van der Waals surface area contributed by atoms with Gasteiger partial charge in [0.2, 0.25) is 11.7 Å². The molecule has 2 aromatic rings. The lowest BCUT2D eigenvalue weighted by molar-refractivity contribution is -0.153. The first-order chi connectivity index (χ1) is 20.8. The van der Waals surface area contributed by atoms with Gasteiger partial charge in [-0.3, -0.25) is 19.3 Å². The highest BCUT2D eigenvalue weighted by molar-refractivity contribution is 6.24. The number of ether oxygens (including phenoxy) is 1. The minimum Gasteiger partial charge on any atom is -0.508 e. The number of ketones is 2. The molecule has 44 heavy (non-hydrogen) atoms. The largest absolute Gasteiger partial charge is 0.508 e. The fourth-order valence-electron chi connectivity index (χ4n) is 7.08. The second-order valence-corrected chi connectivity index (χ2v) is 12.4. The lowest BCUT2D eigenvalue weighted by Crippen LogP contribution is -2.65. The SMILES string of the molecule is CCC(C)CCc1cc(-c2ccc(OC)nc2)c2c(c1O)C(O)=C1C(=O)[C@@]3(O)C(O)=C(C(N)=O)C(=O)[C@H](N(C)C)[C@H]3C[C@H]1C2. The molecule has 0 spiro atoms. The van der Waals surface area contributed by atoms with Crippen molar-refractivity contribution in [3.8, 4) is 22.8 Å². The Morgan fingerprint density at radius 1 is 1.23 bits per heavy atom. The number of hydrogen-bond acceptors (Lipinski definition) is 10. The molecule has 1 amide bonds. The van der Waals surface area contributed by atoms with Gasteiger partial charge in [-0.25, -0.2) is 4.98 Å². The summed E-state index contributed by atoms with van der Waals surface area (Å²) in [6.07, 6.45) is 4.08. The number of aryl methyl sites for hydroxylation is 1. The van der Waals surface area contributed by atoms with Crippen LogP contribution in [0.4, 0.5) is 0 Å². The van der Waals surface area contributed by atoms with Gasteiger partial charge in [-0.05, 0) is 80.4 Å². The van der Waals surface area contributed by atoms with Gasteiger partial charge in [0.1, 0.15) is 22.8 Å². The summed E-state index contributed by atoms with van der Waals surface area (Å²) in [5, 5.41) is 46.3. The van der Waals surface area contributed by atoms with E-state index in [4.69, 9.17) is 10.5 Å². The number of amides is 1. The molecule has 5 rings (SSSR count). The van der Waals surface area contributed by atoms with Gasteiger partial charge < -0.3 is 30.9 Å². The number of phenolic OH excluding ortho intramolecular Hbond substituents is 1. The summed E-state index contributed by atoms with van der Waals surface area (Å²) in [7, 11) is 4.65. The number of aromatic hydroxyl groups is 1. The minimum atomic E-state index is -2.68. The van der Waals surface area contributed by atoms with E-state index in [9.17, 15) is 34.8 Å². The molecule has 0 bridgehead atoms. The quantitative estimate of drug-likeness (QED) is 0.280. The number of carbonyl (C=O) groups excluding carboxylic acids is 3. The van der Waals surface area contributed by atoms with E-state index in [1.54, 1.807) is 26.4 Å². The molecule has 0 radical (unpaired) electrons. The monoisotopic (exact) mass is 605 g/mol. The number of Topliss-reactive ketones (excluding diaryl/α,β-unsaturated/α-hetero) is 2. The van der Waals surface area contributed by atoms with E-state index in [-0.39, 0.29) is 29.7 Å². The van der Waals surface area contributed by atoms with Crippen LogP contribution in [0.3, 0.4) is 0 Å². The summed E-state index contributed by atoms with van der Waals surface area (Å²) in [5.41, 5.74) is 4.40. The molecule has 6 N–H and O–H groups in total. The number of likely N-dealkylation sites (N-methyl/N-ethyl adjacent to an activating group) is 1. The molecule has 5 atom stereocenters. The van der Waals surface area contributed by atoms with Gasteiger partial charge in [0, 0.05) is 29.3 Å². The number of nitrogens with zero attached hydrogens (tertiary/aromatic N) is 2. The molecule has 234 valence electrons. The molecule has 11 nitrogen and oxygen atoms in total. The van der Waals surface area contributed by atoms with Crippen LogP contribution in [-0.2, 0) is 27.2 Å². The van der Waals surface area contributed by atoms with Crippen LogP contribution in [0.25, 0.3) is 16.9 Å². The molecular formula is C33H39N3O8. The minimum absolute atomic E-state index is 0.0165. The number of phenols is 1. The maximum atomic E-state index is 14.2. The van der Waals surface area contributed by atoms with Gasteiger partial charge in [-0.2, -0.15) is 0 Å². The normalized spacial score (nSPS) is 25.5. The number of hydrogen-bond donors (Lipinski definition) is 5. The number of aliphatic hydroxyl groups is 3. The van der Waals surface area contributed by atoms with E-state index < -0.39 is 58.0 Å². The Morgan fingerprint density at radius 2 is 1.93 bits per heavy atom. The molecule has 1 aromatic heterocycles. The second kappa shape index (κ2) is 11.4. The summed E-state index contributed by atoms with van der Waals surface area (Å²) < 4.78 is 5.22. The molecule has 1 aromatic carbocycles. The third-order valence-electron chi connectivity index (χ3n) is 9.66. The third-order valence-corrected chi connectivity index (χ3v) is 9.66. The molecule has 1 unspecified atom stereocenters. The summed E-state index contributed by atoms with van der Waals surface area (Å²) >= 11 is 0. The lowest BCUT2D eigenvalue weighted by Gasteiger charge is -2.50. The van der Waals surface area contributed by atoms with Crippen LogP contribution >= 0.6 is 0 Å². The molecule has 3 aliphatic rings. The highest BCUT2D eigenvalue weighted by Crippen LogP contribution is 2.54. The topological polar surface area (TPSA) is 184 Å². The maximum absolute atomic E-state index is 14.2. The van der Waals surface area contributed by atoms with Crippen molar-refractivity contribution < 1.29 is 39.5 Å². The predicted molar refractivity (Wildman–Crippen MR) is 162 cm³/mol. The number of nitrogens with two attached hydrogens (primary N) is 1. The van der Waals surface area contributed by atoms with Crippen LogP contribution < -0.4 is 10.5 Å². The van der Waals surface area contributed by atoms with Crippen LogP contribution in [0.1, 0.15) is 49.8 Å². The molecular weight excluding hydrogens is 566 g/mol. The summed E-state index contributed by atoms with van der Waals surface area (Å²) in [4.78, 5) is 45.6. The Kier molecular flexibility index (Phi) is 8.06. The van der Waals surface area contributed by atoms with Crippen LogP contribution in [0, 0.1) is 17.8 Å². The first kappa shape index (κ1) is 31.2. The fraction of sp³-hybridized carbons (Fsp3) is 0.455. The number of fused-ring (bicyclic) bond motifs is 3. The van der Waals surface area contributed by atoms with Crippen molar-refractivity contribution in [3.63, 3.8) is 0 Å². The van der Waals surface area contributed by atoms with Crippen molar-refractivity contribution in [2.75, 3.05) is 21.2 Å². The van der Waals surface area contributed by atoms with E-state index >= 15 is 0 Å². The van der Waals surface area contributed by atoms with Crippen molar-refractivity contribution in [2.24, 2.45) is 23.5 Å². The Bertz CT molecular complexity index is 1610. The van der Waals surface area contributed by atoms with Gasteiger partial charge in [-0.1, -0.05) is 20.3 Å². The summed E-state index contributed by atoms with van der Waals surface area (Å²) in [5.74, 6) is -5.89. The Labute approximate surface area is 255 Å². The van der Waals surface area contributed by atoms with Crippen molar-refractivity contribution in [1.29, 1.82) is 0 Å². The molecule has 1 fully saturated rings. The first-order valence-corrected chi connectivity index (χ1v) is 14.8. The van der Waals surface area contributed by atoms with E-state index in [2.05, 4.69) is 18.8 Å². The number of pyridine rings is 1. The van der Waals surface area contributed by atoms with Crippen molar-refractivity contribution in [2.45, 2.75) is 57.6 Å². The van der Waals surface area contributed by atoms with Gasteiger partial charge >= 0.3 is 0 Å². The van der Waals surface area contributed by atoms with Gasteiger partial charge in [0.15, 0.2) is 11.4 Å². The van der Waals surface area contributed by atoms with Crippen LogP contribution in [0.2, 0.25) is 0 Å². The standard InChI is InChI=1S/C33H39N3O8/c1-6-15(2)7-8-16-11-19(17-9-10-22(44-5)35-14-17)20-12-18-13-21-26(36(3)4)29(39)25(32(34)42)31(41)33(21,43)30(40)23(18)28(38)24(20)27(16)37/h9-11,14-15,18,21,26,37-38,41,43H,6-8,12-13H2,1-5H3,(H2,34,42)/t15?,18-,21-,26-,33-/m1/s1. The molecule has 0 aliphatic heterocycles. The average molecular weight is 606 g/mol. The summed E-state index contributed by atoms with van der Waals surface area (Å²) in [6, 6.07) is 4.28. The average Bonchev–Trinajstić information content (AvgIpc) is 2.98. The van der Waals surface area contributed by atoms with Crippen molar-refractivity contribution >= 4 is 23.2 Å². The van der Waals surface area contributed by atoms with Crippen molar-refractivity contribution in [3.05, 3.63) is 58.0 Å². The number of aromatic nitrogens is 1. The van der Waals surface area contributed by atoms with Gasteiger partial charge in [0.25, 0.3) is 5.91 Å². The molecule has 3 aliphatic carbocycles. The number of primary amides is 1. The molecule has 1 heterocycles. The fourth-order valence-corrected chi connectivity index (χ4v) is 7.08. The number of rotatable bonds is 8. The second-order valence-electron chi connectivity index (χ2n) is 12.4. The number of aliphatic hydroxyl groups excluding tert-OH is 2. The number of benzene rings is 1. The Balaban J connectivity index is 1.74. The molecule has 11 heteroatoms. The zero-order valence-electron chi connectivity index (χ0n) is 25.5. The summed E-state index contributed by atoms with van der Waals surface area (Å²) in [6.45, 7) is 4.20. The Morgan fingerprint density at radius 3 is 2.50 bits per heavy atom. The van der Waals surface area contributed by atoms with Crippen LogP contribution in [-0.4, -0.2) is 80.6 Å². The molecule has 1 saturated carbocycles. The zero-order valence-corrected chi connectivity index (χ0v) is 25.5. The lowest BCUT2D eigenvalue weighted by atomic mass is 9.57. The van der Waals surface area contributed by atoms with Crippen LogP contribution in [0.15, 0.2) is 41.3 Å². The van der Waals surface area contributed by atoms with Gasteiger partial charge in [-0.15, -0.1) is 0 Å². The first-order valence-electron chi connectivity index (χ1n) is 14.8. The highest BCUT2D eigenvalue weighted by atomic mass is 16.5. The molecule has 0 saturated heterocycles. The third kappa shape index (κ3) is 4.66.